The average Bonchev–Trinajstić information content (AvgIpc) is 3.33. The van der Waals surface area contributed by atoms with E-state index < -0.39 is 26.6 Å². The van der Waals surface area contributed by atoms with E-state index in [4.69, 9.17) is 9.05 Å². The second kappa shape index (κ2) is 51.8. The van der Waals surface area contributed by atoms with E-state index in [0.29, 0.717) is 17.4 Å². The fraction of sp³-hybridized carbons (Fsp3) is 0.661. The SMILES string of the molecule is CC/C=C\C/C=C\C/C=C\C/C=C\C/C=C\C/C=C\C/C=C\C/C=C\CCCCCCCCC(=O)NC(COP(=O)([O-])OCC[N+](C)(C)C)C(O)/C=C/CC/C=C/CCCCCCCCCCCCCC. The van der Waals surface area contributed by atoms with Crippen LogP contribution in [0.5, 0.6) is 0 Å². The molecule has 0 aromatic rings. The van der Waals surface area contributed by atoms with Gasteiger partial charge in [-0.15, -0.1) is 0 Å². The molecule has 406 valence electrons. The number of quaternary nitrogens is 1. The number of amides is 1. The molecule has 1 amide bonds. The molecule has 0 aliphatic rings. The van der Waals surface area contributed by atoms with Crippen LogP contribution in [0, 0.1) is 0 Å². The third kappa shape index (κ3) is 54.5. The minimum Gasteiger partial charge on any atom is -0.756 e. The minimum absolute atomic E-state index is 0.0161. The largest absolute Gasteiger partial charge is 0.756 e. The van der Waals surface area contributed by atoms with Gasteiger partial charge in [-0.3, -0.25) is 9.36 Å². The van der Waals surface area contributed by atoms with E-state index in [1.165, 1.54) is 77.0 Å². The van der Waals surface area contributed by atoms with Crippen LogP contribution in [0.2, 0.25) is 0 Å². The number of hydrogen-bond donors (Lipinski definition) is 2. The smallest absolute Gasteiger partial charge is 0.268 e. The Labute approximate surface area is 437 Å². The van der Waals surface area contributed by atoms with E-state index in [2.05, 4.69) is 129 Å². The van der Waals surface area contributed by atoms with Crippen molar-refractivity contribution in [3.63, 3.8) is 0 Å². The van der Waals surface area contributed by atoms with Gasteiger partial charge in [0.15, 0.2) is 0 Å². The third-order valence-corrected chi connectivity index (χ3v) is 12.9. The summed E-state index contributed by atoms with van der Waals surface area (Å²) in [5.41, 5.74) is 0. The Bertz CT molecular complexity index is 1560. The Morgan fingerprint density at radius 1 is 0.507 bits per heavy atom. The number of aliphatic hydroxyl groups is 1. The van der Waals surface area contributed by atoms with E-state index in [0.717, 1.165) is 116 Å². The lowest BCUT2D eigenvalue weighted by Gasteiger charge is -2.29. The number of nitrogens with zero attached hydrogens (tertiary/aromatic N) is 1. The predicted octanol–water partition coefficient (Wildman–Crippen LogP) is 16.7. The number of phosphoric ester groups is 1. The van der Waals surface area contributed by atoms with Crippen LogP contribution < -0.4 is 10.2 Å². The van der Waals surface area contributed by atoms with Crippen molar-refractivity contribution in [2.75, 3.05) is 40.9 Å². The number of carbonyl (C=O) groups is 1. The predicted molar refractivity (Wildman–Crippen MR) is 306 cm³/mol. The molecule has 0 heterocycles. The number of unbranched alkanes of at least 4 members (excludes halogenated alkanes) is 19. The Hall–Kier alpha value is -3.10. The molecule has 3 unspecified atom stereocenters. The molecule has 0 fully saturated rings. The molecule has 0 bridgehead atoms. The number of allylic oxidation sites excluding steroid dienone is 19. The zero-order chi connectivity index (χ0) is 52.0. The Morgan fingerprint density at radius 3 is 1.31 bits per heavy atom. The molecule has 0 saturated carbocycles. The summed E-state index contributed by atoms with van der Waals surface area (Å²) in [6, 6.07) is -0.921. The highest BCUT2D eigenvalue weighted by atomic mass is 31.2. The van der Waals surface area contributed by atoms with Gasteiger partial charge in [0.05, 0.1) is 39.9 Å². The molecule has 2 N–H and O–H groups in total. The van der Waals surface area contributed by atoms with E-state index in [1.807, 2.05) is 27.2 Å². The summed E-state index contributed by atoms with van der Waals surface area (Å²) in [4.78, 5) is 25.5. The van der Waals surface area contributed by atoms with Crippen LogP contribution in [0.3, 0.4) is 0 Å². The van der Waals surface area contributed by atoms with E-state index >= 15 is 0 Å². The zero-order valence-electron chi connectivity index (χ0n) is 46.1. The van der Waals surface area contributed by atoms with Gasteiger partial charge in [0.2, 0.25) is 5.91 Å². The maximum absolute atomic E-state index is 13.0. The number of hydrogen-bond acceptors (Lipinski definition) is 6. The van der Waals surface area contributed by atoms with Gasteiger partial charge >= 0.3 is 0 Å². The molecule has 0 aliphatic heterocycles. The molecule has 3 atom stereocenters. The quantitative estimate of drug-likeness (QED) is 0.0272. The first kappa shape index (κ1) is 67.9. The number of likely N-dealkylation sites (N-methyl/N-ethyl adjacent to an activating group) is 1. The Kier molecular flexibility index (Phi) is 49.5. The lowest BCUT2D eigenvalue weighted by atomic mass is 10.0. The fourth-order valence-corrected chi connectivity index (χ4v) is 8.20. The van der Waals surface area contributed by atoms with Crippen molar-refractivity contribution < 1.29 is 32.9 Å². The molecule has 0 rings (SSSR count). The number of nitrogens with one attached hydrogen (secondary N) is 1. The molecule has 0 aromatic heterocycles. The Morgan fingerprint density at radius 2 is 0.873 bits per heavy atom. The van der Waals surface area contributed by atoms with Gasteiger partial charge in [0, 0.05) is 6.42 Å². The summed E-state index contributed by atoms with van der Waals surface area (Å²) in [6.07, 6.45) is 77.0. The van der Waals surface area contributed by atoms with Gasteiger partial charge in [0.1, 0.15) is 13.2 Å². The lowest BCUT2D eigenvalue weighted by molar-refractivity contribution is -0.870. The number of carbonyl (C=O) groups excluding carboxylic acids is 1. The molecule has 0 aromatic carbocycles. The monoisotopic (exact) mass is 1010 g/mol. The van der Waals surface area contributed by atoms with E-state index in [1.54, 1.807) is 6.08 Å². The highest BCUT2D eigenvalue weighted by Crippen LogP contribution is 2.38. The number of rotatable bonds is 50. The van der Waals surface area contributed by atoms with Crippen molar-refractivity contribution in [3.8, 4) is 0 Å². The van der Waals surface area contributed by atoms with Crippen LogP contribution in [-0.2, 0) is 18.4 Å². The maximum Gasteiger partial charge on any atom is 0.268 e. The van der Waals surface area contributed by atoms with Gasteiger partial charge < -0.3 is 28.8 Å². The summed E-state index contributed by atoms with van der Waals surface area (Å²) < 4.78 is 23.3. The van der Waals surface area contributed by atoms with Crippen molar-refractivity contribution in [2.45, 2.75) is 225 Å². The highest BCUT2D eigenvalue weighted by Gasteiger charge is 2.23. The van der Waals surface area contributed by atoms with E-state index in [9.17, 15) is 19.4 Å². The maximum atomic E-state index is 13.0. The topological polar surface area (TPSA) is 108 Å². The Balaban J connectivity index is 4.32. The second-order valence-electron chi connectivity index (χ2n) is 19.9. The molecule has 0 spiro atoms. The third-order valence-electron chi connectivity index (χ3n) is 11.9. The molecule has 9 heteroatoms. The van der Waals surface area contributed by atoms with Crippen molar-refractivity contribution in [2.24, 2.45) is 0 Å². The molecule has 0 aliphatic carbocycles. The summed E-state index contributed by atoms with van der Waals surface area (Å²) >= 11 is 0. The lowest BCUT2D eigenvalue weighted by Crippen LogP contribution is -2.45. The van der Waals surface area contributed by atoms with Gasteiger partial charge in [-0.05, 0) is 96.3 Å². The number of aliphatic hydroxyl groups excluding tert-OH is 1. The van der Waals surface area contributed by atoms with Gasteiger partial charge in [-0.1, -0.05) is 232 Å². The standard InChI is InChI=1S/C62H107N2O6P/c1-6-8-10-12-14-16-18-20-22-24-26-27-28-29-30-31-32-33-34-35-36-37-38-40-42-44-46-48-50-52-54-56-62(66)63-60(59-70-71(67,68)69-58-57-64(3,4)5)61(65)55-53-51-49-47-45-43-41-39-25-23-21-19-17-15-13-11-9-7-2/h8,10,14,16,20,22,26-27,29-30,32-33,35-36,38,40,45,47,53,55,60-61,65H,6-7,9,11-13,15,17-19,21,23-25,28,31,34,37,39,41-44,46,48-52,54,56-59H2,1-5H3,(H-,63,66,67,68)/b10-8-,16-14-,22-20-,27-26-,30-29-,33-32-,36-35-,40-38-,47-45+,55-53+. The fourth-order valence-electron chi connectivity index (χ4n) is 7.48. The average molecular weight is 1010 g/mol. The van der Waals surface area contributed by atoms with Gasteiger partial charge in [-0.2, -0.15) is 0 Å². The van der Waals surface area contributed by atoms with Crippen LogP contribution in [0.15, 0.2) is 122 Å². The first-order chi connectivity index (χ1) is 34.5. The minimum atomic E-state index is -4.62. The van der Waals surface area contributed by atoms with Crippen LogP contribution in [-0.4, -0.2) is 68.5 Å². The van der Waals surface area contributed by atoms with Crippen LogP contribution in [0.1, 0.15) is 213 Å². The molecule has 0 saturated heterocycles. The zero-order valence-corrected chi connectivity index (χ0v) is 47.0. The summed E-state index contributed by atoms with van der Waals surface area (Å²) in [5, 5.41) is 13.8. The molecule has 8 nitrogen and oxygen atoms in total. The molecular weight excluding hydrogens is 900 g/mol. The first-order valence-electron chi connectivity index (χ1n) is 28.4. The highest BCUT2D eigenvalue weighted by molar-refractivity contribution is 7.45. The van der Waals surface area contributed by atoms with Crippen LogP contribution in [0.25, 0.3) is 0 Å². The molecule has 0 radical (unpaired) electrons. The molecule has 71 heavy (non-hydrogen) atoms. The number of phosphoric acid groups is 1. The molecular formula is C62H107N2O6P. The summed E-state index contributed by atoms with van der Waals surface area (Å²) in [7, 11) is 1.21. The van der Waals surface area contributed by atoms with E-state index in [-0.39, 0.29) is 12.5 Å². The van der Waals surface area contributed by atoms with Gasteiger partial charge in [-0.25, -0.2) is 0 Å². The van der Waals surface area contributed by atoms with Crippen LogP contribution >= 0.6 is 7.82 Å². The normalized spacial score (nSPS) is 14.9. The van der Waals surface area contributed by atoms with Crippen molar-refractivity contribution in [1.29, 1.82) is 0 Å². The first-order valence-corrected chi connectivity index (χ1v) is 29.9. The van der Waals surface area contributed by atoms with Crippen molar-refractivity contribution in [3.05, 3.63) is 122 Å². The van der Waals surface area contributed by atoms with Gasteiger partial charge in [0.25, 0.3) is 7.82 Å². The van der Waals surface area contributed by atoms with Crippen LogP contribution in [0.4, 0.5) is 0 Å². The van der Waals surface area contributed by atoms with Crippen molar-refractivity contribution in [1.82, 2.24) is 5.32 Å². The second-order valence-corrected chi connectivity index (χ2v) is 21.3. The summed E-state index contributed by atoms with van der Waals surface area (Å²) in [6.45, 7) is 4.49. The summed E-state index contributed by atoms with van der Waals surface area (Å²) in [5.74, 6) is -0.227. The van der Waals surface area contributed by atoms with Crippen molar-refractivity contribution >= 4 is 13.7 Å².